The van der Waals surface area contributed by atoms with Crippen LogP contribution in [0.25, 0.3) is 0 Å². The molecule has 0 spiro atoms. The van der Waals surface area contributed by atoms with E-state index in [0.717, 1.165) is 11.1 Å². The number of amides is 2. The minimum Gasteiger partial charge on any atom is -0.395 e. The maximum absolute atomic E-state index is 11.9. The number of hydrogen-bond donors (Lipinski definition) is 3. The first-order valence-electron chi connectivity index (χ1n) is 6.83. The van der Waals surface area contributed by atoms with Crippen LogP contribution in [-0.4, -0.2) is 36.6 Å². The molecule has 0 radical (unpaired) electrons. The molecule has 0 aliphatic heterocycles. The quantitative estimate of drug-likeness (QED) is 0.694. The average molecular weight is 288 g/mol. The summed E-state index contributed by atoms with van der Waals surface area (Å²) in [6.07, 6.45) is 0.425. The lowest BCUT2D eigenvalue weighted by atomic mass is 10.0. The van der Waals surface area contributed by atoms with E-state index in [0.29, 0.717) is 18.5 Å². The third-order valence-corrected chi connectivity index (χ3v) is 2.73. The van der Waals surface area contributed by atoms with Crippen molar-refractivity contribution in [1.29, 1.82) is 0 Å². The molecule has 1 rings (SSSR count). The summed E-state index contributed by atoms with van der Waals surface area (Å²) in [4.78, 5) is 23.2. The van der Waals surface area contributed by atoms with Gasteiger partial charge in [-0.3, -0.25) is 9.59 Å². The highest BCUT2D eigenvalue weighted by Gasteiger charge is 2.08. The summed E-state index contributed by atoms with van der Waals surface area (Å²) in [6, 6.07) is 5.17. The van der Waals surface area contributed by atoms with Crippen LogP contribution in [0, 0.1) is 18.8 Å². The Morgan fingerprint density at radius 3 is 2.67 bits per heavy atom. The van der Waals surface area contributed by atoms with Crippen LogP contribution in [0.15, 0.2) is 18.2 Å². The number of aliphatic hydroxyl groups excluding tert-OH is 1. The molecule has 0 saturated heterocycles. The van der Waals surface area contributed by atoms with Crippen molar-refractivity contribution in [3.8, 4) is 11.8 Å². The van der Waals surface area contributed by atoms with Crippen molar-refractivity contribution in [3.63, 3.8) is 0 Å². The third kappa shape index (κ3) is 5.67. The van der Waals surface area contributed by atoms with Crippen molar-refractivity contribution in [1.82, 2.24) is 10.6 Å². The maximum atomic E-state index is 11.9. The molecule has 0 fully saturated rings. The first-order valence-corrected chi connectivity index (χ1v) is 6.83. The number of nitrogens with one attached hydrogen (secondary N) is 2. The summed E-state index contributed by atoms with van der Waals surface area (Å²) in [5, 5.41) is 13.9. The number of hydrogen-bond acceptors (Lipinski definition) is 3. The van der Waals surface area contributed by atoms with E-state index in [1.807, 2.05) is 13.8 Å². The normalized spacial score (nSPS) is 9.48. The zero-order valence-corrected chi connectivity index (χ0v) is 12.3. The summed E-state index contributed by atoms with van der Waals surface area (Å²) in [5.74, 6) is 5.28. The molecule has 0 heterocycles. The molecule has 0 saturated carbocycles. The van der Waals surface area contributed by atoms with E-state index >= 15 is 0 Å². The van der Waals surface area contributed by atoms with Crippen LogP contribution in [0.1, 0.15) is 34.8 Å². The lowest BCUT2D eigenvalue weighted by Crippen LogP contribution is -2.36. The van der Waals surface area contributed by atoms with E-state index in [2.05, 4.69) is 22.5 Å². The van der Waals surface area contributed by atoms with Gasteiger partial charge in [0, 0.05) is 24.1 Å². The number of aryl methyl sites for hydroxylation is 1. The maximum Gasteiger partial charge on any atom is 0.251 e. The largest absolute Gasteiger partial charge is 0.395 e. The fraction of sp³-hybridized carbons (Fsp3) is 0.375. The van der Waals surface area contributed by atoms with Crippen molar-refractivity contribution >= 4 is 11.8 Å². The van der Waals surface area contributed by atoms with Gasteiger partial charge in [-0.05, 0) is 37.6 Å². The molecule has 0 bridgehead atoms. The molecular weight excluding hydrogens is 268 g/mol. The van der Waals surface area contributed by atoms with Crippen molar-refractivity contribution in [2.75, 3.05) is 19.7 Å². The van der Waals surface area contributed by atoms with Gasteiger partial charge in [-0.15, -0.1) is 0 Å². The van der Waals surface area contributed by atoms with Crippen molar-refractivity contribution < 1.29 is 14.7 Å². The van der Waals surface area contributed by atoms with E-state index < -0.39 is 0 Å². The van der Waals surface area contributed by atoms with Crippen molar-refractivity contribution in [2.24, 2.45) is 0 Å². The molecule has 1 aromatic carbocycles. The predicted octanol–water partition coefficient (Wildman–Crippen LogP) is 0.595. The van der Waals surface area contributed by atoms with Crippen LogP contribution in [0.4, 0.5) is 0 Å². The van der Waals surface area contributed by atoms with Gasteiger partial charge in [-0.1, -0.05) is 11.8 Å². The molecule has 0 atom stereocenters. The summed E-state index contributed by atoms with van der Waals surface area (Å²) in [6.45, 7) is 4.22. The second-order valence-electron chi connectivity index (χ2n) is 4.44. The first kappa shape index (κ1) is 16.7. The van der Waals surface area contributed by atoms with Gasteiger partial charge in [0.2, 0.25) is 5.91 Å². The second kappa shape index (κ2) is 8.77. The van der Waals surface area contributed by atoms with Crippen molar-refractivity contribution in [2.45, 2.75) is 20.3 Å². The lowest BCUT2D eigenvalue weighted by molar-refractivity contribution is -0.120. The number of likely N-dealkylation sites (N-methyl/N-ethyl adjacent to an activating group) is 1. The molecule has 21 heavy (non-hydrogen) atoms. The Morgan fingerprint density at radius 2 is 2.05 bits per heavy atom. The fourth-order valence-corrected chi connectivity index (χ4v) is 1.68. The van der Waals surface area contributed by atoms with Gasteiger partial charge >= 0.3 is 0 Å². The summed E-state index contributed by atoms with van der Waals surface area (Å²) >= 11 is 0. The Labute approximate surface area is 124 Å². The topological polar surface area (TPSA) is 78.4 Å². The average Bonchev–Trinajstić information content (AvgIpc) is 2.47. The first-order chi connectivity index (χ1) is 10.1. The SMILES string of the molecule is CCNC(=O)CNC(=O)c1ccc(C#CCCO)c(C)c1. The second-order valence-corrected chi connectivity index (χ2v) is 4.44. The monoisotopic (exact) mass is 288 g/mol. The number of carbonyl (C=O) groups is 2. The zero-order chi connectivity index (χ0) is 15.7. The fourth-order valence-electron chi connectivity index (χ4n) is 1.68. The molecule has 2 amide bonds. The van der Waals surface area contributed by atoms with Gasteiger partial charge in [0.05, 0.1) is 13.2 Å². The smallest absolute Gasteiger partial charge is 0.251 e. The highest BCUT2D eigenvalue weighted by molar-refractivity contribution is 5.96. The van der Waals surface area contributed by atoms with Gasteiger partial charge in [0.15, 0.2) is 0 Å². The Bertz CT molecular complexity index is 571. The third-order valence-electron chi connectivity index (χ3n) is 2.73. The van der Waals surface area contributed by atoms with E-state index in [1.54, 1.807) is 18.2 Å². The molecule has 0 aliphatic carbocycles. The van der Waals surface area contributed by atoms with Gasteiger partial charge in [-0.2, -0.15) is 0 Å². The minimum atomic E-state index is -0.292. The van der Waals surface area contributed by atoms with Gasteiger partial charge in [0.1, 0.15) is 0 Å². The molecule has 0 aliphatic rings. The number of rotatable bonds is 5. The van der Waals surface area contributed by atoms with E-state index in [9.17, 15) is 9.59 Å². The lowest BCUT2D eigenvalue weighted by Gasteiger charge is -2.07. The molecule has 3 N–H and O–H groups in total. The van der Waals surface area contributed by atoms with Gasteiger partial charge < -0.3 is 15.7 Å². The van der Waals surface area contributed by atoms with Crippen LogP contribution >= 0.6 is 0 Å². The highest BCUT2D eigenvalue weighted by Crippen LogP contribution is 2.10. The molecule has 0 aromatic heterocycles. The van der Waals surface area contributed by atoms with E-state index in [4.69, 9.17) is 5.11 Å². The number of aliphatic hydroxyl groups is 1. The number of carbonyl (C=O) groups excluding carboxylic acids is 2. The Hall–Kier alpha value is -2.32. The van der Waals surface area contributed by atoms with Crippen LogP contribution in [0.3, 0.4) is 0 Å². The zero-order valence-electron chi connectivity index (χ0n) is 12.3. The summed E-state index contributed by atoms with van der Waals surface area (Å²) in [7, 11) is 0. The van der Waals surface area contributed by atoms with Crippen LogP contribution in [-0.2, 0) is 4.79 Å². The molecule has 0 unspecified atom stereocenters. The van der Waals surface area contributed by atoms with Crippen LogP contribution in [0.5, 0.6) is 0 Å². The van der Waals surface area contributed by atoms with E-state index in [1.165, 1.54) is 0 Å². The summed E-state index contributed by atoms with van der Waals surface area (Å²) < 4.78 is 0. The number of benzene rings is 1. The minimum absolute atomic E-state index is 0.0341. The van der Waals surface area contributed by atoms with Gasteiger partial charge in [-0.25, -0.2) is 0 Å². The highest BCUT2D eigenvalue weighted by atomic mass is 16.2. The van der Waals surface area contributed by atoms with Gasteiger partial charge in [0.25, 0.3) is 5.91 Å². The molecule has 5 nitrogen and oxygen atoms in total. The van der Waals surface area contributed by atoms with Crippen LogP contribution in [0.2, 0.25) is 0 Å². The molecular formula is C16H20N2O3. The van der Waals surface area contributed by atoms with Crippen LogP contribution < -0.4 is 10.6 Å². The Morgan fingerprint density at radius 1 is 1.29 bits per heavy atom. The standard InChI is InChI=1S/C16H20N2O3/c1-3-17-15(20)11-18-16(21)14-8-7-13(12(2)10-14)6-4-5-9-19/h7-8,10,19H,3,5,9,11H2,1-2H3,(H,17,20)(H,18,21). The molecule has 1 aromatic rings. The molecule has 112 valence electrons. The molecule has 5 heteroatoms. The Balaban J connectivity index is 2.68. The summed E-state index contributed by atoms with van der Waals surface area (Å²) in [5.41, 5.74) is 2.19. The van der Waals surface area contributed by atoms with E-state index in [-0.39, 0.29) is 25.0 Å². The predicted molar refractivity (Wildman–Crippen MR) is 80.8 cm³/mol. The van der Waals surface area contributed by atoms with Crippen molar-refractivity contribution in [3.05, 3.63) is 34.9 Å². The Kier molecular flexibility index (Phi) is 6.99.